The third kappa shape index (κ3) is 6.42. The number of ether oxygens (including phenoxy) is 3. The first kappa shape index (κ1) is 28.6. The second kappa shape index (κ2) is 11.8. The van der Waals surface area contributed by atoms with Crippen LogP contribution in [0.25, 0.3) is 22.8 Å². The summed E-state index contributed by atoms with van der Waals surface area (Å²) in [7, 11) is 1.29. The summed E-state index contributed by atoms with van der Waals surface area (Å²) in [5.74, 6) is 0.628. The van der Waals surface area contributed by atoms with E-state index in [1.165, 1.54) is 12.0 Å². The lowest BCUT2D eigenvalue weighted by molar-refractivity contribution is -0.142. The normalized spacial score (nSPS) is 14.7. The summed E-state index contributed by atoms with van der Waals surface area (Å²) in [6.45, 7) is 8.91. The van der Waals surface area contributed by atoms with Gasteiger partial charge in [0.2, 0.25) is 5.82 Å². The second-order valence-corrected chi connectivity index (χ2v) is 10.9. The van der Waals surface area contributed by atoms with Crippen molar-refractivity contribution in [2.75, 3.05) is 13.7 Å². The van der Waals surface area contributed by atoms with E-state index in [1.54, 1.807) is 39.0 Å². The molecule has 0 fully saturated rings. The Bertz CT molecular complexity index is 1430. The lowest BCUT2D eigenvalue weighted by Crippen LogP contribution is -2.43. The van der Waals surface area contributed by atoms with Crippen LogP contribution in [0, 0.1) is 11.3 Å². The topological polar surface area (TPSA) is 128 Å². The van der Waals surface area contributed by atoms with Gasteiger partial charge in [0.25, 0.3) is 5.89 Å². The first-order valence-corrected chi connectivity index (χ1v) is 13.2. The molecular weight excluding hydrogens is 512 g/mol. The molecule has 10 nitrogen and oxygen atoms in total. The van der Waals surface area contributed by atoms with Gasteiger partial charge in [0, 0.05) is 11.1 Å². The molecule has 4 rings (SSSR count). The highest BCUT2D eigenvalue weighted by molar-refractivity contribution is 5.79. The van der Waals surface area contributed by atoms with Gasteiger partial charge < -0.3 is 18.7 Å². The monoisotopic (exact) mass is 546 g/mol. The van der Waals surface area contributed by atoms with Crippen molar-refractivity contribution in [1.29, 1.82) is 5.26 Å². The average Bonchev–Trinajstić information content (AvgIpc) is 3.40. The van der Waals surface area contributed by atoms with Gasteiger partial charge in [-0.3, -0.25) is 9.69 Å². The molecule has 0 spiro atoms. The number of carbonyl (C=O) groups excluding carboxylic acids is 2. The summed E-state index contributed by atoms with van der Waals surface area (Å²) in [5.41, 5.74) is 2.90. The van der Waals surface area contributed by atoms with Crippen molar-refractivity contribution in [2.24, 2.45) is 0 Å². The first-order chi connectivity index (χ1) is 19.0. The zero-order valence-corrected chi connectivity index (χ0v) is 23.7. The van der Waals surface area contributed by atoms with Crippen LogP contribution in [-0.2, 0) is 20.7 Å². The van der Waals surface area contributed by atoms with Crippen LogP contribution in [0.1, 0.15) is 70.2 Å². The zero-order valence-electron chi connectivity index (χ0n) is 23.7. The van der Waals surface area contributed by atoms with Crippen LogP contribution in [-0.4, -0.2) is 52.5 Å². The van der Waals surface area contributed by atoms with Crippen LogP contribution >= 0.6 is 0 Å². The molecule has 10 heteroatoms. The molecule has 0 unspecified atom stereocenters. The number of carbonyl (C=O) groups is 2. The summed E-state index contributed by atoms with van der Waals surface area (Å²) < 4.78 is 21.8. The van der Waals surface area contributed by atoms with E-state index in [2.05, 4.69) is 16.2 Å². The van der Waals surface area contributed by atoms with Crippen molar-refractivity contribution in [2.45, 2.75) is 71.6 Å². The third-order valence-corrected chi connectivity index (χ3v) is 6.38. The molecule has 210 valence electrons. The minimum atomic E-state index is -0.726. The molecule has 0 N–H and O–H groups in total. The molecule has 1 atom stereocenters. The van der Waals surface area contributed by atoms with E-state index in [1.807, 2.05) is 32.0 Å². The van der Waals surface area contributed by atoms with Crippen LogP contribution in [0.4, 0.5) is 4.79 Å². The second-order valence-electron chi connectivity index (χ2n) is 10.9. The molecule has 1 aromatic heterocycles. The van der Waals surface area contributed by atoms with Crippen LogP contribution in [0.2, 0.25) is 0 Å². The van der Waals surface area contributed by atoms with Crippen LogP contribution < -0.4 is 4.74 Å². The number of hydrogen-bond donors (Lipinski definition) is 0. The molecule has 0 radical (unpaired) electrons. The zero-order chi connectivity index (χ0) is 29.0. The Labute approximate surface area is 233 Å². The molecule has 0 aliphatic heterocycles. The highest BCUT2D eigenvalue weighted by atomic mass is 16.6. The summed E-state index contributed by atoms with van der Waals surface area (Å²) in [4.78, 5) is 31.5. The largest absolute Gasteiger partial charge is 0.490 e. The van der Waals surface area contributed by atoms with E-state index in [9.17, 15) is 14.9 Å². The fourth-order valence-electron chi connectivity index (χ4n) is 4.74. The number of hydrogen-bond acceptors (Lipinski definition) is 9. The third-order valence-electron chi connectivity index (χ3n) is 6.38. The number of nitrogens with zero attached hydrogens (tertiary/aromatic N) is 4. The summed E-state index contributed by atoms with van der Waals surface area (Å²) in [5, 5.41) is 13.8. The molecule has 0 saturated heterocycles. The van der Waals surface area contributed by atoms with Crippen LogP contribution in [0.15, 0.2) is 40.9 Å². The number of fused-ring (bicyclic) bond motifs is 1. The minimum absolute atomic E-state index is 0.0695. The molecule has 1 aliphatic carbocycles. The first-order valence-electron chi connectivity index (χ1n) is 13.2. The predicted octanol–water partition coefficient (Wildman–Crippen LogP) is 5.85. The van der Waals surface area contributed by atoms with E-state index in [0.29, 0.717) is 29.1 Å². The maximum Gasteiger partial charge on any atom is 0.411 e. The van der Waals surface area contributed by atoms with Gasteiger partial charge >= 0.3 is 12.1 Å². The van der Waals surface area contributed by atoms with Gasteiger partial charge in [-0.2, -0.15) is 10.2 Å². The number of benzene rings is 2. The Balaban J connectivity index is 1.69. The molecule has 40 heavy (non-hydrogen) atoms. The maximum absolute atomic E-state index is 13.2. The van der Waals surface area contributed by atoms with E-state index in [0.717, 1.165) is 29.5 Å². The lowest BCUT2D eigenvalue weighted by atomic mass is 9.84. The van der Waals surface area contributed by atoms with Gasteiger partial charge in [-0.05, 0) is 83.2 Å². The molecule has 1 aliphatic rings. The van der Waals surface area contributed by atoms with Gasteiger partial charge in [0.05, 0.1) is 24.8 Å². The van der Waals surface area contributed by atoms with Crippen molar-refractivity contribution in [3.8, 4) is 34.7 Å². The Morgan fingerprint density at radius 1 is 1.23 bits per heavy atom. The Morgan fingerprint density at radius 2 is 2.00 bits per heavy atom. The number of nitriles is 1. The van der Waals surface area contributed by atoms with E-state index >= 15 is 0 Å². The standard InChI is InChI=1S/C30H34N4O6/c1-18(2)38-25-14-13-19(15-20(25)16-31)28-32-27(33-40-28)23-11-7-10-22-21(23)9-8-12-24(22)34(17-26(35)37-6)29(36)39-30(3,4)5/h7,10-11,13-15,18,24H,8-9,12,17H2,1-6H3/t24-/m1/s1. The number of methoxy groups -OCH3 is 1. The van der Waals surface area contributed by atoms with E-state index in [4.69, 9.17) is 18.7 Å². The summed E-state index contributed by atoms with van der Waals surface area (Å²) in [6, 6.07) is 12.7. The smallest absolute Gasteiger partial charge is 0.411 e. The number of amides is 1. The van der Waals surface area contributed by atoms with Gasteiger partial charge in [-0.25, -0.2) is 4.79 Å². The van der Waals surface area contributed by atoms with E-state index in [-0.39, 0.29) is 18.5 Å². The van der Waals surface area contributed by atoms with Crippen molar-refractivity contribution in [1.82, 2.24) is 15.0 Å². The van der Waals surface area contributed by atoms with Crippen LogP contribution in [0.3, 0.4) is 0 Å². The van der Waals surface area contributed by atoms with Crippen molar-refractivity contribution < 1.29 is 28.3 Å². The molecule has 1 amide bonds. The van der Waals surface area contributed by atoms with E-state index < -0.39 is 23.7 Å². The Hall–Kier alpha value is -4.39. The molecule has 1 heterocycles. The molecule has 3 aromatic rings. The molecule has 2 aromatic carbocycles. The maximum atomic E-state index is 13.2. The van der Waals surface area contributed by atoms with Gasteiger partial charge in [-0.1, -0.05) is 23.4 Å². The predicted molar refractivity (Wildman–Crippen MR) is 146 cm³/mol. The number of aromatic nitrogens is 2. The van der Waals surface area contributed by atoms with Gasteiger partial charge in [0.15, 0.2) is 0 Å². The molecule has 0 bridgehead atoms. The highest BCUT2D eigenvalue weighted by Gasteiger charge is 2.35. The fourth-order valence-corrected chi connectivity index (χ4v) is 4.74. The average molecular weight is 547 g/mol. The summed E-state index contributed by atoms with van der Waals surface area (Å²) >= 11 is 0. The quantitative estimate of drug-likeness (QED) is 0.335. The Kier molecular flexibility index (Phi) is 8.43. The summed E-state index contributed by atoms with van der Waals surface area (Å²) in [6.07, 6.45) is 1.53. The van der Waals surface area contributed by atoms with Crippen LogP contribution in [0.5, 0.6) is 5.75 Å². The highest BCUT2D eigenvalue weighted by Crippen LogP contribution is 2.39. The number of rotatable bonds is 7. The number of esters is 1. The van der Waals surface area contributed by atoms with Crippen molar-refractivity contribution in [3.63, 3.8) is 0 Å². The molecular formula is C30H34N4O6. The van der Waals surface area contributed by atoms with Gasteiger partial charge in [0.1, 0.15) is 24.0 Å². The lowest BCUT2D eigenvalue weighted by Gasteiger charge is -2.36. The minimum Gasteiger partial charge on any atom is -0.490 e. The fraction of sp³-hybridized carbons (Fsp3) is 0.433. The van der Waals surface area contributed by atoms with Crippen molar-refractivity contribution >= 4 is 12.1 Å². The molecule has 0 saturated carbocycles. The van der Waals surface area contributed by atoms with Crippen molar-refractivity contribution in [3.05, 3.63) is 53.1 Å². The van der Waals surface area contributed by atoms with Gasteiger partial charge in [-0.15, -0.1) is 0 Å². The Morgan fingerprint density at radius 3 is 2.67 bits per heavy atom. The SMILES string of the molecule is COC(=O)CN(C(=O)OC(C)(C)C)[C@@H]1CCCc2c(-c3noc(-c4ccc(OC(C)C)c(C#N)c4)n3)cccc21.